The second kappa shape index (κ2) is 10.2. The molecule has 0 radical (unpaired) electrons. The van der Waals surface area contributed by atoms with E-state index in [1.807, 2.05) is 54.6 Å². The topological polar surface area (TPSA) is 97.6 Å². The van der Waals surface area contributed by atoms with Crippen molar-refractivity contribution in [3.05, 3.63) is 96.4 Å². The SMILES string of the molecule is COc1ccc(-c2nn(-c3ccccc3)cc2/C=N/NC(=O)C(=O)Nc2ccc(F)cc2)cc1. The molecule has 2 N–H and O–H groups in total. The lowest BCUT2D eigenvalue weighted by molar-refractivity contribution is -0.136. The summed E-state index contributed by atoms with van der Waals surface area (Å²) >= 11 is 0. The van der Waals surface area contributed by atoms with Gasteiger partial charge in [-0.2, -0.15) is 10.2 Å². The number of nitrogens with one attached hydrogen (secondary N) is 2. The second-order valence-electron chi connectivity index (χ2n) is 7.10. The molecule has 4 rings (SSSR count). The van der Waals surface area contributed by atoms with Crippen LogP contribution in [0, 0.1) is 5.82 Å². The molecule has 0 fully saturated rings. The van der Waals surface area contributed by atoms with Gasteiger partial charge in [0.05, 0.1) is 19.0 Å². The summed E-state index contributed by atoms with van der Waals surface area (Å²) in [5, 5.41) is 11.0. The number of carbonyl (C=O) groups is 2. The van der Waals surface area contributed by atoms with Crippen molar-refractivity contribution in [2.45, 2.75) is 0 Å². The smallest absolute Gasteiger partial charge is 0.329 e. The molecule has 1 aromatic heterocycles. The Kier molecular flexibility index (Phi) is 6.73. The van der Waals surface area contributed by atoms with Gasteiger partial charge in [-0.15, -0.1) is 0 Å². The van der Waals surface area contributed by atoms with Crippen LogP contribution in [-0.4, -0.2) is 34.9 Å². The number of hydrazone groups is 1. The van der Waals surface area contributed by atoms with E-state index < -0.39 is 17.6 Å². The predicted octanol–water partition coefficient (Wildman–Crippen LogP) is 3.78. The van der Waals surface area contributed by atoms with Gasteiger partial charge in [0, 0.05) is 23.0 Å². The van der Waals surface area contributed by atoms with Crippen molar-refractivity contribution in [1.29, 1.82) is 0 Å². The molecule has 0 saturated carbocycles. The first kappa shape index (κ1) is 22.4. The maximum absolute atomic E-state index is 13.0. The van der Waals surface area contributed by atoms with Gasteiger partial charge in [-0.25, -0.2) is 14.5 Å². The van der Waals surface area contributed by atoms with Crippen molar-refractivity contribution >= 4 is 23.7 Å². The standard InChI is InChI=1S/C25H20FN5O3/c1-34-22-13-7-17(8-14-22)23-18(16-31(30-23)21-5-3-2-4-6-21)15-27-29-25(33)24(32)28-20-11-9-19(26)10-12-20/h2-16H,1H3,(H,28,32)(H,29,33)/b27-15+. The molecule has 0 saturated heterocycles. The largest absolute Gasteiger partial charge is 0.497 e. The van der Waals surface area contributed by atoms with Crippen molar-refractivity contribution in [2.24, 2.45) is 5.10 Å². The number of halogens is 1. The molecule has 4 aromatic rings. The van der Waals surface area contributed by atoms with Crippen molar-refractivity contribution in [1.82, 2.24) is 15.2 Å². The average molecular weight is 457 g/mol. The van der Waals surface area contributed by atoms with Gasteiger partial charge < -0.3 is 10.1 Å². The number of anilines is 1. The number of rotatable bonds is 6. The van der Waals surface area contributed by atoms with Crippen molar-refractivity contribution < 1.29 is 18.7 Å². The van der Waals surface area contributed by atoms with Gasteiger partial charge in [0.25, 0.3) is 0 Å². The molecule has 1 heterocycles. The molecular weight excluding hydrogens is 437 g/mol. The van der Waals surface area contributed by atoms with Crippen LogP contribution in [0.15, 0.2) is 90.2 Å². The van der Waals surface area contributed by atoms with Crippen LogP contribution < -0.4 is 15.5 Å². The first-order valence-corrected chi connectivity index (χ1v) is 10.2. The minimum absolute atomic E-state index is 0.288. The molecule has 3 aromatic carbocycles. The number of para-hydroxylation sites is 1. The maximum Gasteiger partial charge on any atom is 0.329 e. The van der Waals surface area contributed by atoms with Crippen LogP contribution >= 0.6 is 0 Å². The fourth-order valence-electron chi connectivity index (χ4n) is 3.10. The third kappa shape index (κ3) is 5.33. The maximum atomic E-state index is 13.0. The van der Waals surface area contributed by atoms with Crippen LogP contribution in [-0.2, 0) is 9.59 Å². The Morgan fingerprint density at radius 1 is 0.971 bits per heavy atom. The van der Waals surface area contributed by atoms with Gasteiger partial charge >= 0.3 is 11.8 Å². The highest BCUT2D eigenvalue weighted by Gasteiger charge is 2.14. The molecule has 8 nitrogen and oxygen atoms in total. The summed E-state index contributed by atoms with van der Waals surface area (Å²) < 4.78 is 19.9. The van der Waals surface area contributed by atoms with E-state index in [1.165, 1.54) is 30.5 Å². The first-order valence-electron chi connectivity index (χ1n) is 10.2. The molecule has 0 aliphatic rings. The summed E-state index contributed by atoms with van der Waals surface area (Å²) in [5.74, 6) is -1.64. The Hall–Kier alpha value is -4.79. The van der Waals surface area contributed by atoms with Gasteiger partial charge in [-0.1, -0.05) is 18.2 Å². The minimum atomic E-state index is -0.970. The summed E-state index contributed by atoms with van der Waals surface area (Å²) in [6.07, 6.45) is 3.18. The van der Waals surface area contributed by atoms with Crippen LogP contribution in [0.25, 0.3) is 16.9 Å². The number of amides is 2. The first-order chi connectivity index (χ1) is 16.5. The number of ether oxygens (including phenoxy) is 1. The Morgan fingerprint density at radius 2 is 1.68 bits per heavy atom. The fraction of sp³-hybridized carbons (Fsp3) is 0.0400. The molecule has 2 amide bonds. The Labute approximate surface area is 194 Å². The molecule has 170 valence electrons. The van der Waals surface area contributed by atoms with Crippen LogP contribution in [0.3, 0.4) is 0 Å². The van der Waals surface area contributed by atoms with E-state index >= 15 is 0 Å². The zero-order valence-electron chi connectivity index (χ0n) is 18.1. The molecule has 0 unspecified atom stereocenters. The van der Waals surface area contributed by atoms with E-state index in [0.29, 0.717) is 17.0 Å². The van der Waals surface area contributed by atoms with E-state index in [1.54, 1.807) is 18.0 Å². The molecule has 0 atom stereocenters. The quantitative estimate of drug-likeness (QED) is 0.262. The summed E-state index contributed by atoms with van der Waals surface area (Å²) in [6, 6.07) is 21.9. The van der Waals surface area contributed by atoms with Crippen LogP contribution in [0.4, 0.5) is 10.1 Å². The molecular formula is C25H20FN5O3. The summed E-state index contributed by atoms with van der Waals surface area (Å²) in [6.45, 7) is 0. The number of nitrogens with zero attached hydrogens (tertiary/aromatic N) is 3. The fourth-order valence-corrected chi connectivity index (χ4v) is 3.10. The number of benzene rings is 3. The van der Waals surface area contributed by atoms with E-state index in [0.717, 1.165) is 11.3 Å². The van der Waals surface area contributed by atoms with E-state index in [2.05, 4.69) is 20.9 Å². The molecule has 9 heteroatoms. The lowest BCUT2D eigenvalue weighted by Crippen LogP contribution is -2.32. The minimum Gasteiger partial charge on any atom is -0.497 e. The lowest BCUT2D eigenvalue weighted by atomic mass is 10.1. The van der Waals surface area contributed by atoms with Gasteiger partial charge in [-0.05, 0) is 60.7 Å². The number of hydrogen-bond acceptors (Lipinski definition) is 5. The summed E-state index contributed by atoms with van der Waals surface area (Å²) in [4.78, 5) is 24.2. The molecule has 0 aliphatic heterocycles. The van der Waals surface area contributed by atoms with E-state index in [9.17, 15) is 14.0 Å². The van der Waals surface area contributed by atoms with Gasteiger partial charge in [-0.3, -0.25) is 9.59 Å². The molecule has 34 heavy (non-hydrogen) atoms. The van der Waals surface area contributed by atoms with Crippen LogP contribution in [0.1, 0.15) is 5.56 Å². The highest BCUT2D eigenvalue weighted by Crippen LogP contribution is 2.25. The number of aromatic nitrogens is 2. The number of methoxy groups -OCH3 is 1. The molecule has 0 bridgehead atoms. The van der Waals surface area contributed by atoms with Crippen molar-refractivity contribution in [3.8, 4) is 22.7 Å². The second-order valence-corrected chi connectivity index (χ2v) is 7.10. The van der Waals surface area contributed by atoms with E-state index in [-0.39, 0.29) is 5.69 Å². The van der Waals surface area contributed by atoms with E-state index in [4.69, 9.17) is 4.74 Å². The Morgan fingerprint density at radius 3 is 2.35 bits per heavy atom. The highest BCUT2D eigenvalue weighted by atomic mass is 19.1. The molecule has 0 spiro atoms. The highest BCUT2D eigenvalue weighted by molar-refractivity contribution is 6.39. The molecule has 0 aliphatic carbocycles. The zero-order chi connectivity index (χ0) is 23.9. The third-order valence-electron chi connectivity index (χ3n) is 4.80. The number of carbonyl (C=O) groups excluding carboxylic acids is 2. The van der Waals surface area contributed by atoms with Gasteiger partial charge in [0.1, 0.15) is 17.3 Å². The normalized spacial score (nSPS) is 10.8. The Balaban J connectivity index is 1.53. The average Bonchev–Trinajstić information content (AvgIpc) is 3.30. The van der Waals surface area contributed by atoms with Crippen LogP contribution in [0.5, 0.6) is 5.75 Å². The number of hydrogen-bond donors (Lipinski definition) is 2. The van der Waals surface area contributed by atoms with Crippen molar-refractivity contribution in [3.63, 3.8) is 0 Å². The van der Waals surface area contributed by atoms with Gasteiger partial charge in [0.2, 0.25) is 0 Å². The van der Waals surface area contributed by atoms with Crippen LogP contribution in [0.2, 0.25) is 0 Å². The van der Waals surface area contributed by atoms with Crippen molar-refractivity contribution in [2.75, 3.05) is 12.4 Å². The third-order valence-corrected chi connectivity index (χ3v) is 4.80. The summed E-state index contributed by atoms with van der Waals surface area (Å²) in [5.41, 5.74) is 5.39. The monoisotopic (exact) mass is 457 g/mol. The summed E-state index contributed by atoms with van der Waals surface area (Å²) in [7, 11) is 1.59. The van der Waals surface area contributed by atoms with Gasteiger partial charge in [0.15, 0.2) is 0 Å². The Bertz CT molecular complexity index is 1320. The predicted molar refractivity (Wildman–Crippen MR) is 126 cm³/mol. The lowest BCUT2D eigenvalue weighted by Gasteiger charge is -2.04. The zero-order valence-corrected chi connectivity index (χ0v) is 18.1.